The first kappa shape index (κ1) is 13.3. The zero-order chi connectivity index (χ0) is 12.3. The molecule has 1 unspecified atom stereocenters. The first-order valence-electron chi connectivity index (χ1n) is 5.51. The van der Waals surface area contributed by atoms with Crippen molar-refractivity contribution in [3.8, 4) is 5.75 Å². The second-order valence-corrected chi connectivity index (χ2v) is 4.59. The van der Waals surface area contributed by atoms with Crippen LogP contribution >= 0.6 is 11.6 Å². The molecule has 1 rings (SSSR count). The quantitative estimate of drug-likeness (QED) is 0.874. The molecular formula is C13H20ClNO. The fraction of sp³-hybridized carbons (Fsp3) is 0.538. The van der Waals surface area contributed by atoms with Crippen LogP contribution in [0.25, 0.3) is 0 Å². The summed E-state index contributed by atoms with van der Waals surface area (Å²) in [6.45, 7) is 7.15. The lowest BCUT2D eigenvalue weighted by atomic mass is 9.93. The normalized spacial score (nSPS) is 12.6. The van der Waals surface area contributed by atoms with E-state index < -0.39 is 0 Å². The Morgan fingerprint density at radius 2 is 2.06 bits per heavy atom. The van der Waals surface area contributed by atoms with Crippen LogP contribution in [0.5, 0.6) is 5.75 Å². The average molecular weight is 242 g/mol. The molecule has 0 saturated heterocycles. The van der Waals surface area contributed by atoms with Crippen molar-refractivity contribution in [3.63, 3.8) is 0 Å². The molecule has 0 radical (unpaired) electrons. The van der Waals surface area contributed by atoms with Gasteiger partial charge in [0.25, 0.3) is 0 Å². The summed E-state index contributed by atoms with van der Waals surface area (Å²) in [7, 11) is 3.66. The Balaban J connectivity index is 3.29. The molecule has 1 atom stereocenters. The molecule has 0 spiro atoms. The highest BCUT2D eigenvalue weighted by atomic mass is 35.5. The summed E-state index contributed by atoms with van der Waals surface area (Å²) < 4.78 is 5.44. The third kappa shape index (κ3) is 2.50. The molecule has 0 fully saturated rings. The Kier molecular flexibility index (Phi) is 4.63. The van der Waals surface area contributed by atoms with E-state index in [0.29, 0.717) is 5.92 Å². The number of ether oxygens (including phenoxy) is 1. The molecule has 0 aromatic heterocycles. The Hall–Kier alpha value is -0.730. The maximum absolute atomic E-state index is 6.28. The van der Waals surface area contributed by atoms with Gasteiger partial charge in [0.2, 0.25) is 0 Å². The molecule has 0 amide bonds. The van der Waals surface area contributed by atoms with E-state index in [1.807, 2.05) is 20.0 Å². The van der Waals surface area contributed by atoms with E-state index in [4.69, 9.17) is 16.3 Å². The van der Waals surface area contributed by atoms with Crippen molar-refractivity contribution in [1.29, 1.82) is 0 Å². The van der Waals surface area contributed by atoms with E-state index in [2.05, 4.69) is 19.2 Å². The van der Waals surface area contributed by atoms with Gasteiger partial charge in [-0.25, -0.2) is 0 Å². The Labute approximate surface area is 103 Å². The first-order chi connectivity index (χ1) is 7.52. The van der Waals surface area contributed by atoms with Gasteiger partial charge in [0, 0.05) is 17.1 Å². The predicted octanol–water partition coefficient (Wildman–Crippen LogP) is 3.29. The summed E-state index contributed by atoms with van der Waals surface area (Å²) in [4.78, 5) is 0. The minimum atomic E-state index is 0.387. The smallest absolute Gasteiger partial charge is 0.123 e. The molecule has 0 aliphatic rings. The Bertz CT molecular complexity index is 377. The molecule has 90 valence electrons. The minimum absolute atomic E-state index is 0.387. The van der Waals surface area contributed by atoms with E-state index in [1.54, 1.807) is 7.11 Å². The summed E-state index contributed by atoms with van der Waals surface area (Å²) in [6, 6.07) is 2.01. The highest BCUT2D eigenvalue weighted by molar-refractivity contribution is 6.32. The number of benzene rings is 1. The minimum Gasteiger partial charge on any atom is -0.496 e. The van der Waals surface area contributed by atoms with Crippen molar-refractivity contribution >= 4 is 11.6 Å². The van der Waals surface area contributed by atoms with Crippen molar-refractivity contribution in [2.45, 2.75) is 26.7 Å². The highest BCUT2D eigenvalue weighted by Crippen LogP contribution is 2.36. The SMILES string of the molecule is CNCC(C)c1c(OC)cc(C)c(Cl)c1C. The second kappa shape index (κ2) is 5.55. The zero-order valence-electron chi connectivity index (χ0n) is 10.6. The largest absolute Gasteiger partial charge is 0.496 e. The van der Waals surface area contributed by atoms with Crippen LogP contribution in [0.3, 0.4) is 0 Å². The van der Waals surface area contributed by atoms with E-state index in [0.717, 1.165) is 28.4 Å². The number of hydrogen-bond donors (Lipinski definition) is 1. The average Bonchev–Trinajstić information content (AvgIpc) is 2.25. The van der Waals surface area contributed by atoms with Crippen LogP contribution in [0.2, 0.25) is 5.02 Å². The van der Waals surface area contributed by atoms with E-state index in [9.17, 15) is 0 Å². The molecular weight excluding hydrogens is 222 g/mol. The first-order valence-corrected chi connectivity index (χ1v) is 5.88. The van der Waals surface area contributed by atoms with Gasteiger partial charge in [-0.3, -0.25) is 0 Å². The molecule has 0 saturated carbocycles. The molecule has 16 heavy (non-hydrogen) atoms. The molecule has 0 bridgehead atoms. The second-order valence-electron chi connectivity index (χ2n) is 4.21. The van der Waals surface area contributed by atoms with Crippen LogP contribution in [0.1, 0.15) is 29.5 Å². The molecule has 0 aliphatic carbocycles. The highest BCUT2D eigenvalue weighted by Gasteiger charge is 2.17. The van der Waals surface area contributed by atoms with Crippen molar-refractivity contribution in [2.75, 3.05) is 20.7 Å². The molecule has 3 heteroatoms. The number of hydrogen-bond acceptors (Lipinski definition) is 2. The number of nitrogens with one attached hydrogen (secondary N) is 1. The number of rotatable bonds is 4. The van der Waals surface area contributed by atoms with Gasteiger partial charge in [-0.15, -0.1) is 0 Å². The van der Waals surface area contributed by atoms with E-state index in [1.165, 1.54) is 5.56 Å². The van der Waals surface area contributed by atoms with Crippen LogP contribution < -0.4 is 10.1 Å². The summed E-state index contributed by atoms with van der Waals surface area (Å²) in [5, 5.41) is 4.03. The monoisotopic (exact) mass is 241 g/mol. The van der Waals surface area contributed by atoms with Crippen LogP contribution in [0, 0.1) is 13.8 Å². The van der Waals surface area contributed by atoms with E-state index >= 15 is 0 Å². The van der Waals surface area contributed by atoms with Crippen LogP contribution in [-0.4, -0.2) is 20.7 Å². The topological polar surface area (TPSA) is 21.3 Å². The van der Waals surface area contributed by atoms with Gasteiger partial charge in [-0.2, -0.15) is 0 Å². The fourth-order valence-electron chi connectivity index (χ4n) is 2.13. The maximum atomic E-state index is 6.28. The van der Waals surface area contributed by atoms with Crippen LogP contribution in [-0.2, 0) is 0 Å². The summed E-state index contributed by atoms with van der Waals surface area (Å²) in [5.74, 6) is 1.32. The van der Waals surface area contributed by atoms with Gasteiger partial charge >= 0.3 is 0 Å². The maximum Gasteiger partial charge on any atom is 0.123 e. The lowest BCUT2D eigenvalue weighted by Gasteiger charge is -2.20. The lowest BCUT2D eigenvalue weighted by Crippen LogP contribution is -2.16. The van der Waals surface area contributed by atoms with Gasteiger partial charge in [0.1, 0.15) is 5.75 Å². The third-order valence-corrected chi connectivity index (χ3v) is 3.50. The molecule has 0 aliphatic heterocycles. The summed E-state index contributed by atoms with van der Waals surface area (Å²) >= 11 is 6.28. The van der Waals surface area contributed by atoms with Crippen molar-refractivity contribution in [1.82, 2.24) is 5.32 Å². The van der Waals surface area contributed by atoms with Gasteiger partial charge in [0.05, 0.1) is 7.11 Å². The number of methoxy groups -OCH3 is 1. The van der Waals surface area contributed by atoms with Gasteiger partial charge < -0.3 is 10.1 Å². The molecule has 2 nitrogen and oxygen atoms in total. The summed E-state index contributed by atoms with van der Waals surface area (Å²) in [5.41, 5.74) is 3.39. The van der Waals surface area contributed by atoms with Gasteiger partial charge in [-0.05, 0) is 44.0 Å². The predicted molar refractivity (Wildman–Crippen MR) is 69.8 cm³/mol. The zero-order valence-corrected chi connectivity index (χ0v) is 11.4. The van der Waals surface area contributed by atoms with Gasteiger partial charge in [-0.1, -0.05) is 18.5 Å². The number of likely N-dealkylation sites (N-methyl/N-ethyl adjacent to an activating group) is 1. The third-order valence-electron chi connectivity index (χ3n) is 2.92. The lowest BCUT2D eigenvalue weighted by molar-refractivity contribution is 0.405. The van der Waals surface area contributed by atoms with Crippen LogP contribution in [0.15, 0.2) is 6.07 Å². The van der Waals surface area contributed by atoms with Gasteiger partial charge in [0.15, 0.2) is 0 Å². The fourth-order valence-corrected chi connectivity index (χ4v) is 2.28. The Morgan fingerprint density at radius 3 is 2.56 bits per heavy atom. The summed E-state index contributed by atoms with van der Waals surface area (Å²) in [6.07, 6.45) is 0. The molecule has 1 aromatic carbocycles. The molecule has 0 heterocycles. The Morgan fingerprint density at radius 1 is 1.44 bits per heavy atom. The van der Waals surface area contributed by atoms with Crippen molar-refractivity contribution in [3.05, 3.63) is 27.8 Å². The number of aryl methyl sites for hydroxylation is 1. The molecule has 1 N–H and O–H groups in total. The van der Waals surface area contributed by atoms with Crippen LogP contribution in [0.4, 0.5) is 0 Å². The number of halogens is 1. The van der Waals surface area contributed by atoms with Crippen molar-refractivity contribution in [2.24, 2.45) is 0 Å². The standard InChI is InChI=1S/C13H20ClNO/c1-8-6-11(16-5)12(9(2)7-15-4)10(3)13(8)14/h6,9,15H,7H2,1-5H3. The van der Waals surface area contributed by atoms with E-state index in [-0.39, 0.29) is 0 Å². The van der Waals surface area contributed by atoms with Crippen molar-refractivity contribution < 1.29 is 4.74 Å². The molecule has 1 aromatic rings.